The van der Waals surface area contributed by atoms with Gasteiger partial charge < -0.3 is 15.8 Å². The summed E-state index contributed by atoms with van der Waals surface area (Å²) in [5, 5.41) is 3.01. The predicted octanol–water partition coefficient (Wildman–Crippen LogP) is 2.73. The number of amides is 1. The molecule has 0 radical (unpaired) electrons. The van der Waals surface area contributed by atoms with Crippen molar-refractivity contribution in [1.82, 2.24) is 5.32 Å². The summed E-state index contributed by atoms with van der Waals surface area (Å²) < 4.78 is 5.50. The summed E-state index contributed by atoms with van der Waals surface area (Å²) in [5.74, 6) is 0.635. The SMILES string of the molecule is CCCC(C)(C)NC(=O)CCOc1ccccc1N. The molecule has 106 valence electrons. The monoisotopic (exact) mass is 264 g/mol. The van der Waals surface area contributed by atoms with Gasteiger partial charge in [-0.3, -0.25) is 4.79 Å². The molecule has 0 saturated heterocycles. The van der Waals surface area contributed by atoms with Gasteiger partial charge in [0, 0.05) is 5.54 Å². The van der Waals surface area contributed by atoms with Crippen molar-refractivity contribution in [3.05, 3.63) is 24.3 Å². The molecule has 1 amide bonds. The summed E-state index contributed by atoms with van der Waals surface area (Å²) in [4.78, 5) is 11.8. The molecule has 0 fully saturated rings. The number of carbonyl (C=O) groups excluding carboxylic acids is 1. The summed E-state index contributed by atoms with van der Waals surface area (Å²) in [6.07, 6.45) is 2.34. The fourth-order valence-corrected chi connectivity index (χ4v) is 1.99. The average molecular weight is 264 g/mol. The van der Waals surface area contributed by atoms with Crippen LogP contribution in [-0.2, 0) is 4.79 Å². The van der Waals surface area contributed by atoms with Crippen molar-refractivity contribution in [2.75, 3.05) is 12.3 Å². The molecule has 0 heterocycles. The van der Waals surface area contributed by atoms with E-state index in [1.165, 1.54) is 0 Å². The van der Waals surface area contributed by atoms with Crippen LogP contribution in [0.3, 0.4) is 0 Å². The van der Waals surface area contributed by atoms with E-state index in [-0.39, 0.29) is 11.4 Å². The molecule has 1 aromatic rings. The first kappa shape index (κ1) is 15.3. The largest absolute Gasteiger partial charge is 0.491 e. The Bertz CT molecular complexity index is 416. The highest BCUT2D eigenvalue weighted by Crippen LogP contribution is 2.19. The number of benzene rings is 1. The topological polar surface area (TPSA) is 64.3 Å². The van der Waals surface area contributed by atoms with Crippen LogP contribution < -0.4 is 15.8 Å². The number of nitrogen functional groups attached to an aromatic ring is 1. The summed E-state index contributed by atoms with van der Waals surface area (Å²) in [6.45, 7) is 6.51. The molecule has 1 aromatic carbocycles. The molecule has 0 aliphatic heterocycles. The minimum absolute atomic E-state index is 0.00736. The molecule has 0 aliphatic carbocycles. The molecule has 3 N–H and O–H groups in total. The Morgan fingerprint density at radius 1 is 1.37 bits per heavy atom. The highest BCUT2D eigenvalue weighted by Gasteiger charge is 2.18. The van der Waals surface area contributed by atoms with Crippen molar-refractivity contribution in [3.8, 4) is 5.75 Å². The van der Waals surface area contributed by atoms with Crippen molar-refractivity contribution in [1.29, 1.82) is 0 Å². The highest BCUT2D eigenvalue weighted by molar-refractivity contribution is 5.76. The minimum atomic E-state index is -0.155. The van der Waals surface area contributed by atoms with E-state index in [0.717, 1.165) is 12.8 Å². The number of hydrogen-bond donors (Lipinski definition) is 2. The molecule has 0 spiro atoms. The Morgan fingerprint density at radius 3 is 2.68 bits per heavy atom. The lowest BCUT2D eigenvalue weighted by atomic mass is 9.99. The lowest BCUT2D eigenvalue weighted by Crippen LogP contribution is -2.43. The maximum Gasteiger partial charge on any atom is 0.223 e. The third kappa shape index (κ3) is 5.64. The summed E-state index contributed by atoms with van der Waals surface area (Å²) >= 11 is 0. The van der Waals surface area contributed by atoms with Crippen LogP contribution in [0.15, 0.2) is 24.3 Å². The Kier molecular flexibility index (Phi) is 5.67. The smallest absolute Gasteiger partial charge is 0.223 e. The van der Waals surface area contributed by atoms with E-state index >= 15 is 0 Å². The molecule has 19 heavy (non-hydrogen) atoms. The van der Waals surface area contributed by atoms with Crippen molar-refractivity contribution in [2.45, 2.75) is 45.6 Å². The van der Waals surface area contributed by atoms with Crippen molar-refractivity contribution in [2.24, 2.45) is 0 Å². The standard InChI is InChI=1S/C15H24N2O2/c1-4-10-15(2,3)17-14(18)9-11-19-13-8-6-5-7-12(13)16/h5-8H,4,9-11,16H2,1-3H3,(H,17,18). The van der Waals surface area contributed by atoms with Crippen LogP contribution in [0.2, 0.25) is 0 Å². The number of anilines is 1. The van der Waals surface area contributed by atoms with Gasteiger partial charge in [-0.1, -0.05) is 25.5 Å². The van der Waals surface area contributed by atoms with Gasteiger partial charge >= 0.3 is 0 Å². The zero-order valence-electron chi connectivity index (χ0n) is 12.0. The van der Waals surface area contributed by atoms with Gasteiger partial charge in [0.25, 0.3) is 0 Å². The molecule has 0 atom stereocenters. The van der Waals surface area contributed by atoms with Crippen molar-refractivity contribution in [3.63, 3.8) is 0 Å². The molecule has 0 aromatic heterocycles. The van der Waals surface area contributed by atoms with E-state index in [9.17, 15) is 4.79 Å². The van der Waals surface area contributed by atoms with E-state index in [1.807, 2.05) is 26.0 Å². The molecule has 1 rings (SSSR count). The van der Waals surface area contributed by atoms with Crippen LogP contribution in [0.5, 0.6) is 5.75 Å². The molecule has 0 bridgehead atoms. The van der Waals surface area contributed by atoms with Crippen LogP contribution in [0.1, 0.15) is 40.0 Å². The fraction of sp³-hybridized carbons (Fsp3) is 0.533. The summed E-state index contributed by atoms with van der Waals surface area (Å²) in [6, 6.07) is 7.28. The third-order valence-electron chi connectivity index (χ3n) is 2.86. The Labute approximate surface area is 115 Å². The Hall–Kier alpha value is -1.71. The maximum absolute atomic E-state index is 11.8. The second kappa shape index (κ2) is 7.02. The Morgan fingerprint density at radius 2 is 2.05 bits per heavy atom. The highest BCUT2D eigenvalue weighted by atomic mass is 16.5. The van der Waals surface area contributed by atoms with Crippen LogP contribution in [-0.4, -0.2) is 18.1 Å². The number of rotatable bonds is 7. The molecule has 4 heteroatoms. The lowest BCUT2D eigenvalue weighted by molar-refractivity contribution is -0.123. The summed E-state index contributed by atoms with van der Waals surface area (Å²) in [5.41, 5.74) is 6.19. The number of para-hydroxylation sites is 2. The van der Waals surface area contributed by atoms with Crippen LogP contribution in [0.4, 0.5) is 5.69 Å². The van der Waals surface area contributed by atoms with E-state index in [0.29, 0.717) is 24.5 Å². The zero-order valence-corrected chi connectivity index (χ0v) is 12.0. The Balaban J connectivity index is 2.33. The van der Waals surface area contributed by atoms with Crippen molar-refractivity contribution < 1.29 is 9.53 Å². The van der Waals surface area contributed by atoms with E-state index in [1.54, 1.807) is 12.1 Å². The fourth-order valence-electron chi connectivity index (χ4n) is 1.99. The van der Waals surface area contributed by atoms with Gasteiger partial charge in [0.2, 0.25) is 5.91 Å². The van der Waals surface area contributed by atoms with Gasteiger partial charge in [-0.05, 0) is 32.4 Å². The normalized spacial score (nSPS) is 11.1. The molecular formula is C15H24N2O2. The van der Waals surface area contributed by atoms with Gasteiger partial charge in [-0.15, -0.1) is 0 Å². The van der Waals surface area contributed by atoms with Crippen molar-refractivity contribution >= 4 is 11.6 Å². The van der Waals surface area contributed by atoms with Gasteiger partial charge in [-0.25, -0.2) is 0 Å². The van der Waals surface area contributed by atoms with Gasteiger partial charge in [0.1, 0.15) is 5.75 Å². The number of ether oxygens (including phenoxy) is 1. The molecule has 0 unspecified atom stereocenters. The van der Waals surface area contributed by atoms with Gasteiger partial charge in [0.05, 0.1) is 18.7 Å². The summed E-state index contributed by atoms with van der Waals surface area (Å²) in [7, 11) is 0. The third-order valence-corrected chi connectivity index (χ3v) is 2.86. The molecular weight excluding hydrogens is 240 g/mol. The minimum Gasteiger partial charge on any atom is -0.491 e. The van der Waals surface area contributed by atoms with Gasteiger partial charge in [0.15, 0.2) is 0 Å². The first-order valence-electron chi connectivity index (χ1n) is 6.73. The first-order chi connectivity index (χ1) is 8.94. The lowest BCUT2D eigenvalue weighted by Gasteiger charge is -2.25. The molecule has 0 saturated carbocycles. The van der Waals surface area contributed by atoms with E-state index in [2.05, 4.69) is 12.2 Å². The van der Waals surface area contributed by atoms with Gasteiger partial charge in [-0.2, -0.15) is 0 Å². The van der Waals surface area contributed by atoms with Crippen LogP contribution in [0.25, 0.3) is 0 Å². The zero-order chi connectivity index (χ0) is 14.3. The predicted molar refractivity (Wildman–Crippen MR) is 78.1 cm³/mol. The van der Waals surface area contributed by atoms with Crippen LogP contribution >= 0.6 is 0 Å². The number of hydrogen-bond acceptors (Lipinski definition) is 3. The average Bonchev–Trinajstić information content (AvgIpc) is 2.30. The van der Waals surface area contributed by atoms with E-state index in [4.69, 9.17) is 10.5 Å². The van der Waals surface area contributed by atoms with E-state index < -0.39 is 0 Å². The number of nitrogens with two attached hydrogens (primary N) is 1. The number of carbonyl (C=O) groups is 1. The maximum atomic E-state index is 11.8. The molecule has 0 aliphatic rings. The molecule has 4 nitrogen and oxygen atoms in total. The quantitative estimate of drug-likeness (QED) is 0.744. The number of nitrogens with one attached hydrogen (secondary N) is 1. The first-order valence-corrected chi connectivity index (χ1v) is 6.73. The van der Waals surface area contributed by atoms with Crippen LogP contribution in [0, 0.1) is 0 Å². The second-order valence-electron chi connectivity index (χ2n) is 5.32. The second-order valence-corrected chi connectivity index (χ2v) is 5.32.